The van der Waals surface area contributed by atoms with Gasteiger partial charge in [0.15, 0.2) is 0 Å². The molecule has 8 heteroatoms. The highest BCUT2D eigenvalue weighted by molar-refractivity contribution is 6.35. The van der Waals surface area contributed by atoms with E-state index in [2.05, 4.69) is 5.32 Å². The van der Waals surface area contributed by atoms with Crippen LogP contribution in [0.5, 0.6) is 0 Å². The standard InChI is InChI=1S/C14H18Cl2N2O4/c1-22-4-2-3-17-12(14(20)21)8-13(19)18-11-6-9(15)5-10(16)7-11/h5-7,12,17H,2-4,8H2,1H3,(H,18,19)(H,20,21)/t12-/m1/s1. The van der Waals surface area contributed by atoms with Crippen LogP contribution in [0.1, 0.15) is 12.8 Å². The first-order chi connectivity index (χ1) is 10.4. The molecular formula is C14H18Cl2N2O4. The number of carbonyl (C=O) groups is 2. The number of nitrogens with two attached hydrogens (primary N) is 1. The number of ether oxygens (including phenoxy) is 1. The minimum atomic E-state index is -1.28. The second-order valence-electron chi connectivity index (χ2n) is 4.71. The van der Waals surface area contributed by atoms with Crippen LogP contribution in [0, 0.1) is 0 Å². The van der Waals surface area contributed by atoms with Crippen molar-refractivity contribution in [3.05, 3.63) is 28.2 Å². The molecule has 0 heterocycles. The largest absolute Gasteiger partial charge is 0.544 e. The SMILES string of the molecule is COCCC[NH2+][C@H](CC(=O)Nc1cc(Cl)cc(Cl)c1)C(=O)[O-]. The van der Waals surface area contributed by atoms with E-state index in [1.165, 1.54) is 18.2 Å². The molecule has 1 aromatic carbocycles. The molecule has 1 atom stereocenters. The van der Waals surface area contributed by atoms with Crippen LogP contribution in [-0.4, -0.2) is 38.2 Å². The molecule has 0 spiro atoms. The number of carboxylic acid groups (broad SMARTS) is 1. The molecular weight excluding hydrogens is 331 g/mol. The van der Waals surface area contributed by atoms with Crippen molar-refractivity contribution < 1.29 is 24.7 Å². The number of quaternary nitrogens is 1. The monoisotopic (exact) mass is 348 g/mol. The summed E-state index contributed by atoms with van der Waals surface area (Å²) in [5, 5.41) is 15.9. The van der Waals surface area contributed by atoms with Crippen molar-refractivity contribution in [2.45, 2.75) is 18.9 Å². The van der Waals surface area contributed by atoms with Gasteiger partial charge in [0.05, 0.1) is 25.5 Å². The molecule has 22 heavy (non-hydrogen) atoms. The van der Waals surface area contributed by atoms with Crippen molar-refractivity contribution in [2.24, 2.45) is 0 Å². The van der Waals surface area contributed by atoms with Crippen molar-refractivity contribution in [3.8, 4) is 0 Å². The fraction of sp³-hybridized carbons (Fsp3) is 0.429. The highest BCUT2D eigenvalue weighted by Crippen LogP contribution is 2.22. The molecule has 0 aliphatic rings. The summed E-state index contributed by atoms with van der Waals surface area (Å²) in [5.74, 6) is -1.73. The van der Waals surface area contributed by atoms with E-state index in [0.717, 1.165) is 0 Å². The first kappa shape index (κ1) is 18.7. The van der Waals surface area contributed by atoms with Gasteiger partial charge < -0.3 is 25.3 Å². The lowest BCUT2D eigenvalue weighted by molar-refractivity contribution is -0.682. The number of anilines is 1. The highest BCUT2D eigenvalue weighted by atomic mass is 35.5. The molecule has 1 amide bonds. The molecule has 0 aliphatic heterocycles. The number of amides is 1. The van der Waals surface area contributed by atoms with E-state index in [0.29, 0.717) is 35.3 Å². The fourth-order valence-electron chi connectivity index (χ4n) is 1.85. The summed E-state index contributed by atoms with van der Waals surface area (Å²) in [6.45, 7) is 1.06. The van der Waals surface area contributed by atoms with Crippen LogP contribution in [-0.2, 0) is 14.3 Å². The number of nitrogens with one attached hydrogen (secondary N) is 1. The van der Waals surface area contributed by atoms with Gasteiger partial charge in [-0.25, -0.2) is 0 Å². The number of carbonyl (C=O) groups excluding carboxylic acids is 2. The quantitative estimate of drug-likeness (QED) is 0.616. The van der Waals surface area contributed by atoms with Gasteiger partial charge in [-0.05, 0) is 18.2 Å². The van der Waals surface area contributed by atoms with E-state index in [-0.39, 0.29) is 6.42 Å². The van der Waals surface area contributed by atoms with Crippen LogP contribution in [0.3, 0.4) is 0 Å². The third kappa shape index (κ3) is 7.09. The maximum absolute atomic E-state index is 11.9. The molecule has 0 saturated carbocycles. The zero-order valence-electron chi connectivity index (χ0n) is 12.1. The average Bonchev–Trinajstić information content (AvgIpc) is 2.40. The molecule has 122 valence electrons. The van der Waals surface area contributed by atoms with Crippen LogP contribution in [0.25, 0.3) is 0 Å². The lowest BCUT2D eigenvalue weighted by atomic mass is 10.2. The average molecular weight is 349 g/mol. The summed E-state index contributed by atoms with van der Waals surface area (Å²) < 4.78 is 4.88. The Morgan fingerprint density at radius 2 is 1.95 bits per heavy atom. The molecule has 0 bridgehead atoms. The molecule has 6 nitrogen and oxygen atoms in total. The molecule has 0 fully saturated rings. The lowest BCUT2D eigenvalue weighted by Gasteiger charge is -2.16. The van der Waals surface area contributed by atoms with Crippen molar-refractivity contribution in [2.75, 3.05) is 25.6 Å². The minimum Gasteiger partial charge on any atom is -0.544 e. The molecule has 1 aromatic rings. The Balaban J connectivity index is 2.54. The first-order valence-electron chi connectivity index (χ1n) is 6.71. The van der Waals surface area contributed by atoms with E-state index < -0.39 is 17.9 Å². The summed E-state index contributed by atoms with van der Waals surface area (Å²) in [4.78, 5) is 23.0. The predicted molar refractivity (Wildman–Crippen MR) is 81.8 cm³/mol. The van der Waals surface area contributed by atoms with Crippen LogP contribution < -0.4 is 15.7 Å². The van der Waals surface area contributed by atoms with Gasteiger partial charge in [-0.3, -0.25) is 4.79 Å². The molecule has 0 aliphatic carbocycles. The Morgan fingerprint density at radius 1 is 1.32 bits per heavy atom. The van der Waals surface area contributed by atoms with Gasteiger partial charge in [-0.2, -0.15) is 0 Å². The van der Waals surface area contributed by atoms with Crippen molar-refractivity contribution in [3.63, 3.8) is 0 Å². The third-order valence-electron chi connectivity index (χ3n) is 2.86. The zero-order chi connectivity index (χ0) is 16.5. The summed E-state index contributed by atoms with van der Waals surface area (Å²) in [7, 11) is 1.57. The predicted octanol–water partition coefficient (Wildman–Crippen LogP) is 0.0404. The first-order valence-corrected chi connectivity index (χ1v) is 7.47. The van der Waals surface area contributed by atoms with E-state index in [4.69, 9.17) is 27.9 Å². The van der Waals surface area contributed by atoms with Crippen LogP contribution in [0.15, 0.2) is 18.2 Å². The maximum atomic E-state index is 11.9. The normalized spacial score (nSPS) is 12.0. The Kier molecular flexibility index (Phi) is 8.19. The van der Waals surface area contributed by atoms with Crippen LogP contribution >= 0.6 is 23.2 Å². The number of hydrogen-bond acceptors (Lipinski definition) is 4. The molecule has 1 rings (SSSR count). The van der Waals surface area contributed by atoms with E-state index >= 15 is 0 Å². The third-order valence-corrected chi connectivity index (χ3v) is 3.29. The highest BCUT2D eigenvalue weighted by Gasteiger charge is 2.18. The number of aliphatic carboxylic acids is 1. The molecule has 0 aromatic heterocycles. The summed E-state index contributed by atoms with van der Waals surface area (Å²) >= 11 is 11.7. The van der Waals surface area contributed by atoms with Gasteiger partial charge >= 0.3 is 0 Å². The molecule has 0 radical (unpaired) electrons. The van der Waals surface area contributed by atoms with Crippen molar-refractivity contribution in [1.29, 1.82) is 0 Å². The maximum Gasteiger partial charge on any atom is 0.230 e. The molecule has 3 N–H and O–H groups in total. The Hall–Kier alpha value is -1.34. The van der Waals surface area contributed by atoms with Gasteiger partial charge in [0.1, 0.15) is 6.04 Å². The summed E-state index contributed by atoms with van der Waals surface area (Å²) in [6, 6.07) is 3.64. The van der Waals surface area contributed by atoms with Gasteiger partial charge in [0.25, 0.3) is 0 Å². The number of methoxy groups -OCH3 is 1. The smallest absolute Gasteiger partial charge is 0.230 e. The fourth-order valence-corrected chi connectivity index (χ4v) is 2.37. The number of rotatable bonds is 9. The minimum absolute atomic E-state index is 0.209. The van der Waals surface area contributed by atoms with Crippen molar-refractivity contribution in [1.82, 2.24) is 0 Å². The van der Waals surface area contributed by atoms with Crippen LogP contribution in [0.2, 0.25) is 10.0 Å². The number of benzene rings is 1. The zero-order valence-corrected chi connectivity index (χ0v) is 13.6. The Labute approximate surface area is 138 Å². The van der Waals surface area contributed by atoms with Crippen molar-refractivity contribution >= 4 is 40.8 Å². The van der Waals surface area contributed by atoms with E-state index in [9.17, 15) is 14.7 Å². The molecule has 0 saturated heterocycles. The number of halogens is 2. The molecule has 0 unspecified atom stereocenters. The number of hydrogen-bond donors (Lipinski definition) is 2. The van der Waals surface area contributed by atoms with Gasteiger partial charge in [-0.1, -0.05) is 23.2 Å². The van der Waals surface area contributed by atoms with Gasteiger partial charge in [0.2, 0.25) is 5.91 Å². The second-order valence-corrected chi connectivity index (χ2v) is 5.58. The summed E-state index contributed by atoms with van der Waals surface area (Å²) in [6.07, 6.45) is 0.477. The van der Waals surface area contributed by atoms with E-state index in [1.807, 2.05) is 0 Å². The topological polar surface area (TPSA) is 95.1 Å². The second kappa shape index (κ2) is 9.63. The Bertz CT molecular complexity index is 505. The van der Waals surface area contributed by atoms with Crippen LogP contribution in [0.4, 0.5) is 5.69 Å². The van der Waals surface area contributed by atoms with Gasteiger partial charge in [0, 0.05) is 29.3 Å². The van der Waals surface area contributed by atoms with Gasteiger partial charge in [-0.15, -0.1) is 0 Å². The van der Waals surface area contributed by atoms with E-state index in [1.54, 1.807) is 12.4 Å². The number of carboxylic acids is 1. The Morgan fingerprint density at radius 3 is 2.50 bits per heavy atom. The summed E-state index contributed by atoms with van der Waals surface area (Å²) in [5.41, 5.74) is 0.416. The lowest BCUT2D eigenvalue weighted by Crippen LogP contribution is -2.93.